The van der Waals surface area contributed by atoms with Crippen molar-refractivity contribution in [1.82, 2.24) is 24.5 Å². The summed E-state index contributed by atoms with van der Waals surface area (Å²) >= 11 is 0. The molecule has 1 saturated heterocycles. The minimum atomic E-state index is -0.455. The number of carbonyl (C=O) groups is 3. The summed E-state index contributed by atoms with van der Waals surface area (Å²) in [5.74, 6) is -0.969. The molecule has 1 aliphatic heterocycles. The third-order valence-electron chi connectivity index (χ3n) is 6.87. The summed E-state index contributed by atoms with van der Waals surface area (Å²) in [5, 5.41) is 4.54. The lowest BCUT2D eigenvalue weighted by atomic mass is 9.88. The van der Waals surface area contributed by atoms with Crippen LogP contribution >= 0.6 is 0 Å². The maximum atomic E-state index is 12.7. The van der Waals surface area contributed by atoms with Gasteiger partial charge in [0.05, 0.1) is 28.8 Å². The van der Waals surface area contributed by atoms with Gasteiger partial charge in [-0.3, -0.25) is 19.4 Å². The van der Waals surface area contributed by atoms with Crippen molar-refractivity contribution in [3.63, 3.8) is 0 Å². The first-order valence-electron chi connectivity index (χ1n) is 12.1. The van der Waals surface area contributed by atoms with Crippen LogP contribution < -0.4 is 0 Å². The minimum absolute atomic E-state index is 0.00457. The normalized spacial score (nSPS) is 14.2. The fourth-order valence-corrected chi connectivity index (χ4v) is 5.00. The van der Waals surface area contributed by atoms with E-state index >= 15 is 0 Å². The van der Waals surface area contributed by atoms with Crippen LogP contribution in [0.4, 0.5) is 0 Å². The molecule has 1 aromatic carbocycles. The number of rotatable bonds is 5. The largest absolute Gasteiger partial charge is 0.336 e. The number of likely N-dealkylation sites (tertiary alicyclic amines) is 1. The Morgan fingerprint density at radius 3 is 2.25 bits per heavy atom. The van der Waals surface area contributed by atoms with Crippen molar-refractivity contribution >= 4 is 23.1 Å². The average Bonchev–Trinajstić information content (AvgIpc) is 3.33. The number of aromatic nitrogens is 4. The monoisotopic (exact) mass is 481 g/mol. The zero-order valence-electron chi connectivity index (χ0n) is 20.6. The summed E-state index contributed by atoms with van der Waals surface area (Å²) in [6.07, 6.45) is 4.86. The molecular formula is C28H27N5O3. The van der Waals surface area contributed by atoms with E-state index in [4.69, 9.17) is 4.98 Å². The highest BCUT2D eigenvalue weighted by Crippen LogP contribution is 2.34. The van der Waals surface area contributed by atoms with Gasteiger partial charge in [0.25, 0.3) is 5.91 Å². The van der Waals surface area contributed by atoms with E-state index in [0.29, 0.717) is 37.1 Å². The van der Waals surface area contributed by atoms with E-state index in [0.717, 1.165) is 33.8 Å². The molecule has 0 aliphatic carbocycles. The number of nitrogens with zero attached hydrogens (tertiary/aromatic N) is 5. The van der Waals surface area contributed by atoms with Crippen molar-refractivity contribution in [3.8, 4) is 22.4 Å². The molecule has 0 spiro atoms. The van der Waals surface area contributed by atoms with Crippen molar-refractivity contribution in [2.45, 2.75) is 39.5 Å². The van der Waals surface area contributed by atoms with Crippen LogP contribution in [0, 0.1) is 6.92 Å². The molecule has 1 amide bonds. The van der Waals surface area contributed by atoms with Gasteiger partial charge in [0, 0.05) is 48.8 Å². The van der Waals surface area contributed by atoms with Crippen LogP contribution in [0.5, 0.6) is 0 Å². The Balaban J connectivity index is 1.53. The Hall–Kier alpha value is -4.20. The van der Waals surface area contributed by atoms with E-state index in [-0.39, 0.29) is 11.7 Å². The van der Waals surface area contributed by atoms with E-state index in [9.17, 15) is 14.4 Å². The Morgan fingerprint density at radius 2 is 1.64 bits per heavy atom. The van der Waals surface area contributed by atoms with Gasteiger partial charge in [-0.25, -0.2) is 9.50 Å². The fourth-order valence-electron chi connectivity index (χ4n) is 5.00. The Labute approximate surface area is 209 Å². The first-order valence-corrected chi connectivity index (χ1v) is 12.1. The highest BCUT2D eigenvalue weighted by Gasteiger charge is 2.30. The van der Waals surface area contributed by atoms with Crippen LogP contribution in [0.15, 0.2) is 54.9 Å². The quantitative estimate of drug-likeness (QED) is 0.312. The molecule has 0 N–H and O–H groups in total. The molecule has 1 fully saturated rings. The molecule has 8 nitrogen and oxygen atoms in total. The van der Waals surface area contributed by atoms with Gasteiger partial charge in [-0.2, -0.15) is 5.10 Å². The van der Waals surface area contributed by atoms with Gasteiger partial charge in [0.15, 0.2) is 11.4 Å². The van der Waals surface area contributed by atoms with Gasteiger partial charge in [0.2, 0.25) is 5.78 Å². The third kappa shape index (κ3) is 4.19. The van der Waals surface area contributed by atoms with Gasteiger partial charge in [-0.15, -0.1) is 0 Å². The maximum Gasteiger partial charge on any atom is 0.289 e. The third-order valence-corrected chi connectivity index (χ3v) is 6.87. The van der Waals surface area contributed by atoms with Crippen LogP contribution in [0.2, 0.25) is 0 Å². The minimum Gasteiger partial charge on any atom is -0.336 e. The molecule has 3 aromatic heterocycles. The summed E-state index contributed by atoms with van der Waals surface area (Å²) in [6, 6.07) is 14.0. The number of amides is 1. The maximum absolute atomic E-state index is 12.7. The van der Waals surface area contributed by atoms with E-state index < -0.39 is 11.7 Å². The molecule has 8 heteroatoms. The number of hydrogen-bond acceptors (Lipinski definition) is 6. The summed E-state index contributed by atoms with van der Waals surface area (Å²) in [4.78, 5) is 47.5. The lowest BCUT2D eigenvalue weighted by molar-refractivity contribution is -0.144. The number of pyridine rings is 1. The average molecular weight is 482 g/mol. The summed E-state index contributed by atoms with van der Waals surface area (Å²) < 4.78 is 1.72. The first-order chi connectivity index (χ1) is 17.3. The SMILES string of the molecule is CC(=O)C(=O)N1CCC(c2nc3c(-c4ccc(-c5ccccc5)nc4)cnn3c(C)c2C(C)=O)CC1. The van der Waals surface area contributed by atoms with Crippen molar-refractivity contribution < 1.29 is 14.4 Å². The van der Waals surface area contributed by atoms with Crippen LogP contribution in [-0.2, 0) is 9.59 Å². The lowest BCUT2D eigenvalue weighted by Gasteiger charge is -2.32. The Morgan fingerprint density at radius 1 is 0.917 bits per heavy atom. The number of Topliss-reactive ketones (excluding diaryl/α,β-unsaturated/α-hetero) is 2. The Kier molecular flexibility index (Phi) is 6.18. The molecule has 4 heterocycles. The number of carbonyl (C=O) groups excluding carboxylic acids is 3. The number of hydrogen-bond donors (Lipinski definition) is 0. The highest BCUT2D eigenvalue weighted by atomic mass is 16.2. The van der Waals surface area contributed by atoms with Crippen LogP contribution in [0.3, 0.4) is 0 Å². The molecular weight excluding hydrogens is 454 g/mol. The van der Waals surface area contributed by atoms with E-state index in [2.05, 4.69) is 10.1 Å². The summed E-state index contributed by atoms with van der Waals surface area (Å²) in [7, 11) is 0. The molecule has 0 bridgehead atoms. The molecule has 182 valence electrons. The van der Waals surface area contributed by atoms with Crippen LogP contribution in [0.25, 0.3) is 28.0 Å². The molecule has 5 rings (SSSR count). The van der Waals surface area contributed by atoms with Crippen LogP contribution in [-0.4, -0.2) is 55.0 Å². The second-order valence-electron chi connectivity index (χ2n) is 9.23. The number of benzene rings is 1. The molecule has 1 aliphatic rings. The van der Waals surface area contributed by atoms with Gasteiger partial charge >= 0.3 is 0 Å². The fraction of sp³-hybridized carbons (Fsp3) is 0.286. The summed E-state index contributed by atoms with van der Waals surface area (Å²) in [6.45, 7) is 5.65. The van der Waals surface area contributed by atoms with Gasteiger partial charge in [0.1, 0.15) is 0 Å². The zero-order valence-corrected chi connectivity index (χ0v) is 20.6. The van der Waals surface area contributed by atoms with E-state index in [1.54, 1.807) is 22.5 Å². The lowest BCUT2D eigenvalue weighted by Crippen LogP contribution is -2.41. The van der Waals surface area contributed by atoms with Crippen LogP contribution in [0.1, 0.15) is 54.4 Å². The van der Waals surface area contributed by atoms with Crippen molar-refractivity contribution in [2.24, 2.45) is 0 Å². The topological polar surface area (TPSA) is 97.5 Å². The van der Waals surface area contributed by atoms with Crippen molar-refractivity contribution in [1.29, 1.82) is 0 Å². The number of fused-ring (bicyclic) bond motifs is 1. The molecule has 0 radical (unpaired) electrons. The first kappa shape index (κ1) is 23.5. The van der Waals surface area contributed by atoms with Crippen molar-refractivity contribution in [2.75, 3.05) is 13.1 Å². The van der Waals surface area contributed by atoms with Gasteiger partial charge < -0.3 is 4.90 Å². The van der Waals surface area contributed by atoms with Gasteiger partial charge in [-0.1, -0.05) is 36.4 Å². The van der Waals surface area contributed by atoms with Gasteiger partial charge in [-0.05, 0) is 32.8 Å². The number of piperidine rings is 1. The smallest absolute Gasteiger partial charge is 0.289 e. The zero-order chi connectivity index (χ0) is 25.4. The number of aryl methyl sites for hydroxylation is 1. The van der Waals surface area contributed by atoms with Crippen molar-refractivity contribution in [3.05, 3.63) is 71.8 Å². The standard InChI is InChI=1S/C28H27N5O3/c1-17-25(18(2)34)26(21-11-13-32(14-12-21)28(36)19(3)35)31-27-23(16-30-33(17)27)22-9-10-24(29-15-22)20-7-5-4-6-8-20/h4-10,15-16,21H,11-14H2,1-3H3. The van der Waals surface area contributed by atoms with E-state index in [1.807, 2.05) is 55.6 Å². The predicted octanol–water partition coefficient (Wildman–Crippen LogP) is 4.26. The summed E-state index contributed by atoms with van der Waals surface area (Å²) in [5.41, 5.74) is 6.37. The molecule has 0 unspecified atom stereocenters. The van der Waals surface area contributed by atoms with E-state index in [1.165, 1.54) is 6.92 Å². The number of ketones is 2. The second kappa shape index (κ2) is 9.45. The molecule has 36 heavy (non-hydrogen) atoms. The molecule has 0 saturated carbocycles. The molecule has 4 aromatic rings. The second-order valence-corrected chi connectivity index (χ2v) is 9.23. The Bertz CT molecular complexity index is 1470. The highest BCUT2D eigenvalue weighted by molar-refractivity contribution is 6.35. The predicted molar refractivity (Wildman–Crippen MR) is 136 cm³/mol. The molecule has 0 atom stereocenters.